The monoisotopic (exact) mass is 283 g/mol. The summed E-state index contributed by atoms with van der Waals surface area (Å²) in [6, 6.07) is 2.96. The fourth-order valence-electron chi connectivity index (χ4n) is 1.50. The van der Waals surface area contributed by atoms with Crippen molar-refractivity contribution < 1.29 is 23.8 Å². The van der Waals surface area contributed by atoms with E-state index >= 15 is 0 Å². The highest BCUT2D eigenvalue weighted by molar-refractivity contribution is 6.00. The number of anilines is 1. The molecule has 1 rings (SSSR count). The number of carbonyl (C=O) groups is 2. The van der Waals surface area contributed by atoms with Crippen LogP contribution in [0.25, 0.3) is 0 Å². The molecule has 2 amide bonds. The van der Waals surface area contributed by atoms with Crippen LogP contribution < -0.4 is 26.3 Å². The molecule has 1 aromatic rings. The van der Waals surface area contributed by atoms with Gasteiger partial charge in [0.15, 0.2) is 11.5 Å². The van der Waals surface area contributed by atoms with E-state index in [1.807, 2.05) is 0 Å². The molecule has 0 aliphatic rings. The van der Waals surface area contributed by atoms with E-state index in [1.54, 1.807) is 0 Å². The second-order valence-electron chi connectivity index (χ2n) is 3.72. The minimum Gasteiger partial charge on any atom is -0.493 e. The van der Waals surface area contributed by atoms with E-state index < -0.39 is 12.0 Å². The molecule has 0 saturated heterocycles. The van der Waals surface area contributed by atoms with Crippen molar-refractivity contribution in [3.8, 4) is 11.5 Å². The Bertz CT molecular complexity index is 504. The van der Waals surface area contributed by atoms with Gasteiger partial charge in [-0.2, -0.15) is 0 Å². The Kier molecular flexibility index (Phi) is 5.45. The number of nitrogens with two attached hydrogens (primary N) is 2. The van der Waals surface area contributed by atoms with Crippen molar-refractivity contribution in [1.82, 2.24) is 5.32 Å². The molecule has 8 nitrogen and oxygen atoms in total. The first-order valence-corrected chi connectivity index (χ1v) is 5.71. The minimum absolute atomic E-state index is 0.0196. The quantitative estimate of drug-likeness (QED) is 0.502. The predicted octanol–water partition coefficient (Wildman–Crippen LogP) is 0.111. The summed E-state index contributed by atoms with van der Waals surface area (Å²) in [5, 5.41) is 2.54. The molecular weight excluding hydrogens is 266 g/mol. The van der Waals surface area contributed by atoms with Crippen molar-refractivity contribution in [3.63, 3.8) is 0 Å². The van der Waals surface area contributed by atoms with Gasteiger partial charge in [-0.1, -0.05) is 0 Å². The number of ether oxygens (including phenoxy) is 3. The fourth-order valence-corrected chi connectivity index (χ4v) is 1.50. The van der Waals surface area contributed by atoms with Crippen LogP contribution >= 0.6 is 0 Å². The van der Waals surface area contributed by atoms with Crippen LogP contribution in [0.5, 0.6) is 11.5 Å². The zero-order valence-electron chi connectivity index (χ0n) is 11.3. The smallest absolute Gasteiger partial charge is 0.404 e. The average molecular weight is 283 g/mol. The number of hydrogen-bond acceptors (Lipinski definition) is 6. The first-order chi connectivity index (χ1) is 9.49. The van der Waals surface area contributed by atoms with Gasteiger partial charge in [0.1, 0.15) is 6.61 Å². The van der Waals surface area contributed by atoms with E-state index in [0.29, 0.717) is 11.5 Å². The van der Waals surface area contributed by atoms with Crippen molar-refractivity contribution in [3.05, 3.63) is 17.7 Å². The maximum absolute atomic E-state index is 11.9. The molecule has 0 aromatic heterocycles. The van der Waals surface area contributed by atoms with Crippen molar-refractivity contribution in [2.45, 2.75) is 0 Å². The van der Waals surface area contributed by atoms with Crippen LogP contribution in [-0.2, 0) is 4.74 Å². The highest BCUT2D eigenvalue weighted by atomic mass is 16.5. The molecule has 1 aromatic carbocycles. The number of amides is 2. The predicted molar refractivity (Wildman–Crippen MR) is 71.8 cm³/mol. The van der Waals surface area contributed by atoms with Gasteiger partial charge in [0, 0.05) is 11.8 Å². The first kappa shape index (κ1) is 15.4. The molecule has 20 heavy (non-hydrogen) atoms. The van der Waals surface area contributed by atoms with E-state index in [0.717, 1.165) is 0 Å². The maximum Gasteiger partial charge on any atom is 0.404 e. The van der Waals surface area contributed by atoms with Gasteiger partial charge in [-0.15, -0.1) is 0 Å². The SMILES string of the molecule is COc1cc(N)c(C(=O)NCCOC(N)=O)cc1OC. The summed E-state index contributed by atoms with van der Waals surface area (Å²) < 4.78 is 14.6. The standard InChI is InChI=1S/C12H17N3O5/c1-18-9-5-7(8(13)6-10(9)19-2)11(16)15-3-4-20-12(14)17/h5-6H,3-4,13H2,1-2H3,(H2,14,17)(H,15,16). The molecule has 0 fully saturated rings. The minimum atomic E-state index is -0.898. The van der Waals surface area contributed by atoms with Crippen LogP contribution in [0.1, 0.15) is 10.4 Å². The second kappa shape index (κ2) is 7.07. The summed E-state index contributed by atoms with van der Waals surface area (Å²) in [4.78, 5) is 22.3. The number of benzene rings is 1. The van der Waals surface area contributed by atoms with Gasteiger partial charge in [0.05, 0.1) is 26.3 Å². The molecule has 5 N–H and O–H groups in total. The third-order valence-corrected chi connectivity index (χ3v) is 2.43. The molecule has 0 aliphatic carbocycles. The lowest BCUT2D eigenvalue weighted by Gasteiger charge is -2.12. The molecule has 0 aliphatic heterocycles. The molecule has 110 valence electrons. The lowest BCUT2D eigenvalue weighted by molar-refractivity contribution is 0.0937. The van der Waals surface area contributed by atoms with Crippen molar-refractivity contribution in [2.24, 2.45) is 5.73 Å². The lowest BCUT2D eigenvalue weighted by Crippen LogP contribution is -2.29. The third-order valence-electron chi connectivity index (χ3n) is 2.43. The molecule has 0 unspecified atom stereocenters. The number of nitrogens with one attached hydrogen (secondary N) is 1. The fraction of sp³-hybridized carbons (Fsp3) is 0.333. The van der Waals surface area contributed by atoms with E-state index in [2.05, 4.69) is 10.1 Å². The van der Waals surface area contributed by atoms with Gasteiger partial charge in [0.25, 0.3) is 5.91 Å². The highest BCUT2D eigenvalue weighted by Gasteiger charge is 2.14. The molecule has 0 heterocycles. The number of rotatable bonds is 6. The second-order valence-corrected chi connectivity index (χ2v) is 3.72. The Balaban J connectivity index is 2.75. The molecule has 0 bridgehead atoms. The molecular formula is C12H17N3O5. The molecule has 0 atom stereocenters. The normalized spacial score (nSPS) is 9.70. The molecule has 0 radical (unpaired) electrons. The van der Waals surface area contributed by atoms with E-state index in [4.69, 9.17) is 20.9 Å². The van der Waals surface area contributed by atoms with Crippen LogP contribution in [0.4, 0.5) is 10.5 Å². The Labute approximate surface area is 116 Å². The number of carbonyl (C=O) groups excluding carboxylic acids is 2. The zero-order valence-corrected chi connectivity index (χ0v) is 11.3. The topological polar surface area (TPSA) is 126 Å². The van der Waals surface area contributed by atoms with Crippen LogP contribution in [0.2, 0.25) is 0 Å². The summed E-state index contributed by atoms with van der Waals surface area (Å²) in [5.41, 5.74) is 11.0. The van der Waals surface area contributed by atoms with Crippen LogP contribution in [0.3, 0.4) is 0 Å². The summed E-state index contributed by atoms with van der Waals surface area (Å²) in [6.45, 7) is 0.101. The van der Waals surface area contributed by atoms with Crippen LogP contribution in [0, 0.1) is 0 Å². The summed E-state index contributed by atoms with van der Waals surface area (Å²) in [5.74, 6) is 0.398. The Morgan fingerprint density at radius 1 is 1.20 bits per heavy atom. The van der Waals surface area contributed by atoms with Crippen molar-refractivity contribution in [2.75, 3.05) is 33.1 Å². The Hall–Kier alpha value is -2.64. The highest BCUT2D eigenvalue weighted by Crippen LogP contribution is 2.31. The van der Waals surface area contributed by atoms with E-state index in [1.165, 1.54) is 26.4 Å². The van der Waals surface area contributed by atoms with Gasteiger partial charge >= 0.3 is 6.09 Å². The number of methoxy groups -OCH3 is 2. The van der Waals surface area contributed by atoms with E-state index in [9.17, 15) is 9.59 Å². The summed E-state index contributed by atoms with van der Waals surface area (Å²) >= 11 is 0. The van der Waals surface area contributed by atoms with Gasteiger partial charge in [-0.05, 0) is 6.07 Å². The average Bonchev–Trinajstić information content (AvgIpc) is 2.42. The van der Waals surface area contributed by atoms with Gasteiger partial charge < -0.3 is 31.0 Å². The van der Waals surface area contributed by atoms with Gasteiger partial charge in [-0.25, -0.2) is 4.79 Å². The summed E-state index contributed by atoms with van der Waals surface area (Å²) in [7, 11) is 2.93. The molecule has 8 heteroatoms. The summed E-state index contributed by atoms with van der Waals surface area (Å²) in [6.07, 6.45) is -0.898. The molecule has 0 saturated carbocycles. The zero-order chi connectivity index (χ0) is 15.1. The largest absolute Gasteiger partial charge is 0.493 e. The van der Waals surface area contributed by atoms with Crippen LogP contribution in [-0.4, -0.2) is 39.4 Å². The van der Waals surface area contributed by atoms with Crippen LogP contribution in [0.15, 0.2) is 12.1 Å². The lowest BCUT2D eigenvalue weighted by atomic mass is 10.1. The molecule has 0 spiro atoms. The Morgan fingerprint density at radius 2 is 1.80 bits per heavy atom. The Morgan fingerprint density at radius 3 is 2.35 bits per heavy atom. The van der Waals surface area contributed by atoms with E-state index in [-0.39, 0.29) is 24.4 Å². The first-order valence-electron chi connectivity index (χ1n) is 5.71. The van der Waals surface area contributed by atoms with Crippen molar-refractivity contribution in [1.29, 1.82) is 0 Å². The number of nitrogen functional groups attached to an aromatic ring is 1. The maximum atomic E-state index is 11.9. The van der Waals surface area contributed by atoms with Crippen molar-refractivity contribution >= 4 is 17.7 Å². The number of hydrogen-bond donors (Lipinski definition) is 3. The third kappa shape index (κ3) is 3.94. The van der Waals surface area contributed by atoms with Gasteiger partial charge in [-0.3, -0.25) is 4.79 Å². The number of primary amides is 1. The van der Waals surface area contributed by atoms with Gasteiger partial charge in [0.2, 0.25) is 0 Å².